The van der Waals surface area contributed by atoms with E-state index in [0.717, 1.165) is 43.3 Å². The van der Waals surface area contributed by atoms with Crippen molar-refractivity contribution in [3.8, 4) is 5.69 Å². The van der Waals surface area contributed by atoms with Gasteiger partial charge in [0.05, 0.1) is 30.1 Å². The Balaban J connectivity index is 1.76. The number of ether oxygens (including phenoxy) is 1. The van der Waals surface area contributed by atoms with Gasteiger partial charge in [0.15, 0.2) is 0 Å². The topological polar surface area (TPSA) is 53.8 Å². The maximum atomic E-state index is 14.5. The zero-order valence-electron chi connectivity index (χ0n) is 20.4. The van der Waals surface area contributed by atoms with Crippen molar-refractivity contribution in [2.45, 2.75) is 13.5 Å². The van der Waals surface area contributed by atoms with Crippen LogP contribution in [0.2, 0.25) is 0 Å². The Bertz CT molecular complexity index is 1170. The molecule has 4 rings (SSSR count). The Morgan fingerprint density at radius 3 is 2.51 bits per heavy atom. The fourth-order valence-corrected chi connectivity index (χ4v) is 4.31. The highest BCUT2D eigenvalue weighted by Crippen LogP contribution is 2.30. The number of amides is 1. The number of piperazine rings is 1. The average molecular weight is 484 g/mol. The van der Waals surface area contributed by atoms with E-state index < -0.39 is 11.7 Å². The maximum Gasteiger partial charge on any atom is 0.257 e. The molecular weight excluding hydrogens is 452 g/mol. The fraction of sp³-hybridized carbons (Fsp3) is 0.385. The number of carbonyl (C=O) groups excluding carboxylic acids is 1. The molecule has 0 N–H and O–H groups in total. The second-order valence-corrected chi connectivity index (χ2v) is 8.77. The molecule has 0 radical (unpaired) electrons. The van der Waals surface area contributed by atoms with Crippen LogP contribution in [0.15, 0.2) is 48.5 Å². The molecule has 9 heteroatoms. The lowest BCUT2D eigenvalue weighted by Crippen LogP contribution is -2.45. The maximum absolute atomic E-state index is 14.5. The van der Waals surface area contributed by atoms with E-state index in [2.05, 4.69) is 16.8 Å². The van der Waals surface area contributed by atoms with Crippen LogP contribution < -0.4 is 4.90 Å². The van der Waals surface area contributed by atoms with Crippen molar-refractivity contribution in [2.24, 2.45) is 0 Å². The van der Waals surface area contributed by atoms with Crippen LogP contribution in [0.3, 0.4) is 0 Å². The zero-order chi connectivity index (χ0) is 24.9. The van der Waals surface area contributed by atoms with Gasteiger partial charge in [-0.2, -0.15) is 5.10 Å². The van der Waals surface area contributed by atoms with Crippen LogP contribution in [0.25, 0.3) is 5.69 Å². The Morgan fingerprint density at radius 2 is 1.83 bits per heavy atom. The van der Waals surface area contributed by atoms with E-state index in [0.29, 0.717) is 12.3 Å². The Hall–Kier alpha value is -3.30. The van der Waals surface area contributed by atoms with Gasteiger partial charge in [-0.3, -0.25) is 4.79 Å². The molecule has 2 aromatic carbocycles. The predicted molar refractivity (Wildman–Crippen MR) is 131 cm³/mol. The number of benzene rings is 2. The Kier molecular flexibility index (Phi) is 7.77. The molecule has 1 fully saturated rings. The summed E-state index contributed by atoms with van der Waals surface area (Å²) in [6.07, 6.45) is 0. The Labute approximate surface area is 204 Å². The molecule has 1 aliphatic rings. The van der Waals surface area contributed by atoms with Crippen molar-refractivity contribution in [3.05, 3.63) is 77.0 Å². The smallest absolute Gasteiger partial charge is 0.257 e. The number of aromatic nitrogens is 2. The minimum atomic E-state index is -0.564. The highest BCUT2D eigenvalue weighted by atomic mass is 19.1. The van der Waals surface area contributed by atoms with Gasteiger partial charge in [0, 0.05) is 45.4 Å². The summed E-state index contributed by atoms with van der Waals surface area (Å²) < 4.78 is 35.6. The summed E-state index contributed by atoms with van der Waals surface area (Å²) in [7, 11) is 3.64. The number of carbonyl (C=O) groups is 1. The summed E-state index contributed by atoms with van der Waals surface area (Å²) in [5.74, 6) is -0.503. The molecule has 3 aromatic rings. The highest BCUT2D eigenvalue weighted by molar-refractivity contribution is 5.94. The first-order valence-corrected chi connectivity index (χ1v) is 11.7. The molecule has 2 heterocycles. The molecule has 35 heavy (non-hydrogen) atoms. The largest absolute Gasteiger partial charge is 0.383 e. The molecule has 1 saturated heterocycles. The SMILES string of the molecule is COCCN(Cc1c(C)nn(-c2cccc(F)c2)c1N1CCN(C)CC1)C(=O)c1ccccc1F. The molecule has 0 spiro atoms. The summed E-state index contributed by atoms with van der Waals surface area (Å²) in [5.41, 5.74) is 2.20. The van der Waals surface area contributed by atoms with Crippen molar-refractivity contribution < 1.29 is 18.3 Å². The minimum absolute atomic E-state index is 0.0138. The molecule has 1 aromatic heterocycles. The third-order valence-electron chi connectivity index (χ3n) is 6.32. The normalized spacial score (nSPS) is 14.4. The van der Waals surface area contributed by atoms with Gasteiger partial charge in [-0.05, 0) is 44.3 Å². The lowest BCUT2D eigenvalue weighted by Gasteiger charge is -2.35. The number of nitrogens with zero attached hydrogens (tertiary/aromatic N) is 5. The van der Waals surface area contributed by atoms with Crippen LogP contribution in [0, 0.1) is 18.6 Å². The van der Waals surface area contributed by atoms with Gasteiger partial charge in [-0.1, -0.05) is 18.2 Å². The predicted octanol–water partition coefficient (Wildman–Crippen LogP) is 3.50. The molecule has 0 atom stereocenters. The molecule has 186 valence electrons. The van der Waals surface area contributed by atoms with Crippen LogP contribution in [0.5, 0.6) is 0 Å². The number of methoxy groups -OCH3 is 1. The molecule has 0 unspecified atom stereocenters. The van der Waals surface area contributed by atoms with E-state index >= 15 is 0 Å². The number of hydrogen-bond acceptors (Lipinski definition) is 5. The van der Waals surface area contributed by atoms with Crippen LogP contribution in [-0.2, 0) is 11.3 Å². The highest BCUT2D eigenvalue weighted by Gasteiger charge is 2.28. The quantitative estimate of drug-likeness (QED) is 0.491. The van der Waals surface area contributed by atoms with Crippen molar-refractivity contribution in [2.75, 3.05) is 58.4 Å². The van der Waals surface area contributed by atoms with E-state index in [1.165, 1.54) is 24.3 Å². The molecular formula is C26H31F2N5O2. The summed E-state index contributed by atoms with van der Waals surface area (Å²) in [4.78, 5) is 19.4. The monoisotopic (exact) mass is 483 g/mol. The number of anilines is 1. The second-order valence-electron chi connectivity index (χ2n) is 8.77. The number of halogens is 2. The number of rotatable bonds is 8. The van der Waals surface area contributed by atoms with Crippen LogP contribution in [0.1, 0.15) is 21.6 Å². The van der Waals surface area contributed by atoms with Gasteiger partial charge in [-0.25, -0.2) is 13.5 Å². The molecule has 0 saturated carbocycles. The Morgan fingerprint density at radius 1 is 1.09 bits per heavy atom. The van der Waals surface area contributed by atoms with Crippen LogP contribution in [-0.4, -0.2) is 79.0 Å². The molecule has 0 bridgehead atoms. The van der Waals surface area contributed by atoms with Crippen molar-refractivity contribution >= 4 is 11.7 Å². The van der Waals surface area contributed by atoms with Gasteiger partial charge >= 0.3 is 0 Å². The van der Waals surface area contributed by atoms with Crippen molar-refractivity contribution in [1.29, 1.82) is 0 Å². The van der Waals surface area contributed by atoms with E-state index in [4.69, 9.17) is 9.84 Å². The summed E-state index contributed by atoms with van der Waals surface area (Å²) >= 11 is 0. The standard InChI is InChI=1S/C26H31F2N5O2/c1-19-23(18-32(15-16-35-3)26(34)22-9-4-5-10-24(22)28)25(31-13-11-30(2)12-14-31)33(29-19)21-8-6-7-20(27)17-21/h4-10,17H,11-16,18H2,1-3H3. The van der Waals surface area contributed by atoms with Crippen LogP contribution in [0.4, 0.5) is 14.6 Å². The van der Waals surface area contributed by atoms with E-state index in [9.17, 15) is 13.6 Å². The second kappa shape index (κ2) is 11.0. The van der Waals surface area contributed by atoms with Gasteiger partial charge < -0.3 is 19.4 Å². The summed E-state index contributed by atoms with van der Waals surface area (Å²) in [5, 5.41) is 4.75. The molecule has 7 nitrogen and oxygen atoms in total. The third kappa shape index (κ3) is 5.52. The lowest BCUT2D eigenvalue weighted by molar-refractivity contribution is 0.0675. The first-order valence-electron chi connectivity index (χ1n) is 11.7. The third-order valence-corrected chi connectivity index (χ3v) is 6.32. The van der Waals surface area contributed by atoms with Crippen LogP contribution >= 0.6 is 0 Å². The number of aryl methyl sites for hydroxylation is 1. The summed E-state index contributed by atoms with van der Waals surface area (Å²) in [6, 6.07) is 12.3. The zero-order valence-corrected chi connectivity index (χ0v) is 20.4. The first-order chi connectivity index (χ1) is 16.9. The molecule has 1 aliphatic heterocycles. The van der Waals surface area contributed by atoms with E-state index in [1.54, 1.807) is 34.9 Å². The minimum Gasteiger partial charge on any atom is -0.383 e. The van der Waals surface area contributed by atoms with Gasteiger partial charge in [0.1, 0.15) is 17.5 Å². The van der Waals surface area contributed by atoms with E-state index in [1.807, 2.05) is 13.0 Å². The van der Waals surface area contributed by atoms with E-state index in [-0.39, 0.29) is 24.5 Å². The van der Waals surface area contributed by atoms with Gasteiger partial charge in [0.2, 0.25) is 0 Å². The lowest BCUT2D eigenvalue weighted by atomic mass is 10.1. The molecule has 0 aliphatic carbocycles. The number of hydrogen-bond donors (Lipinski definition) is 0. The fourth-order valence-electron chi connectivity index (χ4n) is 4.31. The summed E-state index contributed by atoms with van der Waals surface area (Å²) in [6.45, 7) is 5.97. The van der Waals surface area contributed by atoms with Gasteiger partial charge in [-0.15, -0.1) is 0 Å². The average Bonchev–Trinajstić information content (AvgIpc) is 3.18. The first kappa shape index (κ1) is 24.8. The molecule has 1 amide bonds. The number of likely N-dealkylation sites (N-methyl/N-ethyl adjacent to an activating group) is 1. The van der Waals surface area contributed by atoms with Crippen molar-refractivity contribution in [1.82, 2.24) is 19.6 Å². The van der Waals surface area contributed by atoms with Gasteiger partial charge in [0.25, 0.3) is 5.91 Å². The van der Waals surface area contributed by atoms with Crippen molar-refractivity contribution in [3.63, 3.8) is 0 Å².